The second kappa shape index (κ2) is 5.54. The SMILES string of the molecule is O=C(Cc1cccc(Br)c1)c1c[nH]c2cccc(Br)c12. The first-order valence-corrected chi connectivity index (χ1v) is 7.77. The minimum Gasteiger partial charge on any atom is -0.360 e. The highest BCUT2D eigenvalue weighted by Crippen LogP contribution is 2.28. The van der Waals surface area contributed by atoms with Gasteiger partial charge in [-0.25, -0.2) is 0 Å². The molecule has 0 atom stereocenters. The second-order valence-electron chi connectivity index (χ2n) is 4.59. The summed E-state index contributed by atoms with van der Waals surface area (Å²) in [5.41, 5.74) is 2.70. The Morgan fingerprint density at radius 2 is 1.90 bits per heavy atom. The van der Waals surface area contributed by atoms with Crippen LogP contribution in [0, 0.1) is 0 Å². The highest BCUT2D eigenvalue weighted by atomic mass is 79.9. The lowest BCUT2D eigenvalue weighted by Crippen LogP contribution is -2.02. The van der Waals surface area contributed by atoms with Crippen molar-refractivity contribution in [1.29, 1.82) is 0 Å². The van der Waals surface area contributed by atoms with E-state index in [0.29, 0.717) is 6.42 Å². The van der Waals surface area contributed by atoms with Gasteiger partial charge in [0.1, 0.15) is 0 Å². The first kappa shape index (κ1) is 13.6. The van der Waals surface area contributed by atoms with Gasteiger partial charge in [0.2, 0.25) is 0 Å². The van der Waals surface area contributed by atoms with Crippen LogP contribution in [0.5, 0.6) is 0 Å². The van der Waals surface area contributed by atoms with E-state index in [1.54, 1.807) is 6.20 Å². The molecule has 0 amide bonds. The third kappa shape index (κ3) is 2.58. The highest BCUT2D eigenvalue weighted by molar-refractivity contribution is 9.11. The largest absolute Gasteiger partial charge is 0.360 e. The quantitative estimate of drug-likeness (QED) is 0.616. The molecule has 2 nitrogen and oxygen atoms in total. The number of hydrogen-bond donors (Lipinski definition) is 1. The fourth-order valence-electron chi connectivity index (χ4n) is 2.29. The summed E-state index contributed by atoms with van der Waals surface area (Å²) in [6, 6.07) is 13.7. The molecule has 0 radical (unpaired) electrons. The predicted octanol–water partition coefficient (Wildman–Crippen LogP) is 5.12. The number of carbonyl (C=O) groups is 1. The molecule has 0 saturated carbocycles. The number of aromatic nitrogens is 1. The zero-order chi connectivity index (χ0) is 14.1. The third-order valence-corrected chi connectivity index (χ3v) is 4.36. The summed E-state index contributed by atoms with van der Waals surface area (Å²) in [4.78, 5) is 15.6. The maximum Gasteiger partial charge on any atom is 0.169 e. The van der Waals surface area contributed by atoms with Crippen LogP contribution < -0.4 is 0 Å². The topological polar surface area (TPSA) is 32.9 Å². The Hall–Kier alpha value is -1.39. The molecule has 2 aromatic carbocycles. The van der Waals surface area contributed by atoms with Crippen molar-refractivity contribution in [3.63, 3.8) is 0 Å². The van der Waals surface area contributed by atoms with Crippen LogP contribution in [0.4, 0.5) is 0 Å². The molecule has 0 aliphatic carbocycles. The summed E-state index contributed by atoms with van der Waals surface area (Å²) in [6.07, 6.45) is 2.18. The van der Waals surface area contributed by atoms with Crippen molar-refractivity contribution in [1.82, 2.24) is 4.98 Å². The molecule has 3 rings (SSSR count). The molecular weight excluding hydrogens is 382 g/mol. The highest BCUT2D eigenvalue weighted by Gasteiger charge is 2.14. The molecule has 0 aliphatic heterocycles. The minimum atomic E-state index is 0.112. The van der Waals surface area contributed by atoms with Gasteiger partial charge in [-0.1, -0.05) is 50.1 Å². The van der Waals surface area contributed by atoms with Crippen LogP contribution in [0.2, 0.25) is 0 Å². The van der Waals surface area contributed by atoms with Crippen LogP contribution in [0.15, 0.2) is 57.6 Å². The summed E-state index contributed by atoms with van der Waals surface area (Å²) in [5, 5.41) is 0.951. The van der Waals surface area contributed by atoms with Crippen molar-refractivity contribution in [2.24, 2.45) is 0 Å². The van der Waals surface area contributed by atoms with Crippen LogP contribution in [0.1, 0.15) is 15.9 Å². The number of aromatic amines is 1. The van der Waals surface area contributed by atoms with E-state index in [-0.39, 0.29) is 5.78 Å². The van der Waals surface area contributed by atoms with Crippen molar-refractivity contribution in [3.8, 4) is 0 Å². The first-order valence-electron chi connectivity index (χ1n) is 6.18. The monoisotopic (exact) mass is 391 g/mol. The number of rotatable bonds is 3. The molecule has 0 spiro atoms. The zero-order valence-corrected chi connectivity index (χ0v) is 13.7. The van der Waals surface area contributed by atoms with Crippen molar-refractivity contribution < 1.29 is 4.79 Å². The summed E-state index contributed by atoms with van der Waals surface area (Å²) in [5.74, 6) is 0.112. The fraction of sp³-hybridized carbons (Fsp3) is 0.0625. The smallest absolute Gasteiger partial charge is 0.169 e. The predicted molar refractivity (Wildman–Crippen MR) is 88.2 cm³/mol. The number of fused-ring (bicyclic) bond motifs is 1. The Balaban J connectivity index is 1.97. The lowest BCUT2D eigenvalue weighted by Gasteiger charge is -2.02. The van der Waals surface area contributed by atoms with Gasteiger partial charge in [-0.15, -0.1) is 0 Å². The Kier molecular flexibility index (Phi) is 3.76. The lowest BCUT2D eigenvalue weighted by atomic mass is 10.0. The standard InChI is InChI=1S/C16H11Br2NO/c17-11-4-1-3-10(7-11)8-15(20)12-9-19-14-6-2-5-13(18)16(12)14/h1-7,9,19H,8H2. The number of benzene rings is 2. The minimum absolute atomic E-state index is 0.112. The first-order chi connectivity index (χ1) is 9.65. The second-order valence-corrected chi connectivity index (χ2v) is 6.36. The van der Waals surface area contributed by atoms with Gasteiger partial charge < -0.3 is 4.98 Å². The molecule has 4 heteroatoms. The van der Waals surface area contributed by atoms with E-state index in [0.717, 1.165) is 31.0 Å². The van der Waals surface area contributed by atoms with E-state index in [4.69, 9.17) is 0 Å². The summed E-state index contributed by atoms with van der Waals surface area (Å²) >= 11 is 6.94. The van der Waals surface area contributed by atoms with E-state index in [1.807, 2.05) is 42.5 Å². The zero-order valence-electron chi connectivity index (χ0n) is 10.5. The van der Waals surface area contributed by atoms with Crippen LogP contribution in [-0.2, 0) is 6.42 Å². The average Bonchev–Trinajstić information content (AvgIpc) is 2.84. The number of hydrogen-bond acceptors (Lipinski definition) is 1. The van der Waals surface area contributed by atoms with Gasteiger partial charge in [-0.2, -0.15) is 0 Å². The van der Waals surface area contributed by atoms with Crippen molar-refractivity contribution in [3.05, 3.63) is 68.7 Å². The fourth-order valence-corrected chi connectivity index (χ4v) is 3.31. The molecule has 3 aromatic rings. The normalized spacial score (nSPS) is 10.9. The van der Waals surface area contributed by atoms with E-state index >= 15 is 0 Å². The number of H-pyrrole nitrogens is 1. The van der Waals surface area contributed by atoms with E-state index in [1.165, 1.54) is 0 Å². The Labute approximate surface area is 133 Å². The Morgan fingerprint density at radius 3 is 2.70 bits per heavy atom. The number of halogens is 2. The molecule has 0 unspecified atom stereocenters. The van der Waals surface area contributed by atoms with Gasteiger partial charge in [0.05, 0.1) is 0 Å². The van der Waals surface area contributed by atoms with Crippen LogP contribution in [-0.4, -0.2) is 10.8 Å². The van der Waals surface area contributed by atoms with Crippen molar-refractivity contribution in [2.75, 3.05) is 0 Å². The molecule has 1 aromatic heterocycles. The van der Waals surface area contributed by atoms with Crippen LogP contribution in [0.25, 0.3) is 10.9 Å². The molecule has 0 aliphatic rings. The maximum atomic E-state index is 12.5. The molecule has 0 saturated heterocycles. The van der Waals surface area contributed by atoms with Gasteiger partial charge in [0.15, 0.2) is 5.78 Å². The van der Waals surface area contributed by atoms with Gasteiger partial charge in [-0.3, -0.25) is 4.79 Å². The summed E-state index contributed by atoms with van der Waals surface area (Å²) in [6.45, 7) is 0. The van der Waals surface area contributed by atoms with Gasteiger partial charge in [0, 0.05) is 38.0 Å². The van der Waals surface area contributed by atoms with Gasteiger partial charge >= 0.3 is 0 Å². The molecule has 1 heterocycles. The van der Waals surface area contributed by atoms with E-state index in [9.17, 15) is 4.79 Å². The molecule has 100 valence electrons. The number of carbonyl (C=O) groups excluding carboxylic acids is 1. The van der Waals surface area contributed by atoms with Crippen molar-refractivity contribution in [2.45, 2.75) is 6.42 Å². The number of Topliss-reactive ketones (excluding diaryl/α,β-unsaturated/α-hetero) is 1. The third-order valence-electron chi connectivity index (χ3n) is 3.21. The number of ketones is 1. The van der Waals surface area contributed by atoms with E-state index in [2.05, 4.69) is 36.8 Å². The summed E-state index contributed by atoms with van der Waals surface area (Å²) in [7, 11) is 0. The van der Waals surface area contributed by atoms with Gasteiger partial charge in [-0.05, 0) is 29.8 Å². The molecule has 1 N–H and O–H groups in total. The van der Waals surface area contributed by atoms with Crippen molar-refractivity contribution >= 4 is 48.5 Å². The Bertz CT molecular complexity index is 792. The molecule has 0 bridgehead atoms. The van der Waals surface area contributed by atoms with E-state index < -0.39 is 0 Å². The maximum absolute atomic E-state index is 12.5. The molecular formula is C16H11Br2NO. The molecule has 0 fully saturated rings. The van der Waals surface area contributed by atoms with Crippen LogP contribution in [0.3, 0.4) is 0 Å². The Morgan fingerprint density at radius 1 is 1.10 bits per heavy atom. The summed E-state index contributed by atoms with van der Waals surface area (Å²) < 4.78 is 1.93. The lowest BCUT2D eigenvalue weighted by molar-refractivity contribution is 0.0994. The average molecular weight is 393 g/mol. The van der Waals surface area contributed by atoms with Crippen LogP contribution >= 0.6 is 31.9 Å². The number of nitrogens with one attached hydrogen (secondary N) is 1. The van der Waals surface area contributed by atoms with Gasteiger partial charge in [0.25, 0.3) is 0 Å². The molecule has 20 heavy (non-hydrogen) atoms.